The zero-order valence-electron chi connectivity index (χ0n) is 14.2. The quantitative estimate of drug-likeness (QED) is 0.581. The summed E-state index contributed by atoms with van der Waals surface area (Å²) in [5.41, 5.74) is 0.321. The first kappa shape index (κ1) is 18.9. The third-order valence-corrected chi connectivity index (χ3v) is 4.08. The highest BCUT2D eigenvalue weighted by Gasteiger charge is 2.51. The van der Waals surface area contributed by atoms with Crippen LogP contribution in [0.1, 0.15) is 5.56 Å². The summed E-state index contributed by atoms with van der Waals surface area (Å²) in [7, 11) is 0. The van der Waals surface area contributed by atoms with Gasteiger partial charge in [-0.3, -0.25) is 15.1 Å². The summed E-state index contributed by atoms with van der Waals surface area (Å²) in [6, 6.07) is 7.02. The monoisotopic (exact) mass is 383 g/mol. The molecule has 0 amide bonds. The molecule has 1 fully saturated rings. The number of nitro groups is 1. The molecular formula is C17H16F3N3O4. The third-order valence-electron chi connectivity index (χ3n) is 4.08. The number of pyridine rings is 1. The lowest BCUT2D eigenvalue weighted by atomic mass is 10.1. The summed E-state index contributed by atoms with van der Waals surface area (Å²) in [5.74, 6) is 0.474. The topological polar surface area (TPSA) is 77.7 Å². The van der Waals surface area contributed by atoms with E-state index in [4.69, 9.17) is 9.47 Å². The van der Waals surface area contributed by atoms with Gasteiger partial charge in [0.1, 0.15) is 18.5 Å². The van der Waals surface area contributed by atoms with Crippen LogP contribution in [0.2, 0.25) is 0 Å². The second-order valence-corrected chi connectivity index (χ2v) is 6.03. The SMILES string of the molecule is Cc1cc(N2CC(COc3ccncc3)OC2C(F)(F)F)ccc1[N+](=O)[O-]. The Labute approximate surface area is 152 Å². The van der Waals surface area contributed by atoms with Gasteiger partial charge in [0.25, 0.3) is 5.69 Å². The van der Waals surface area contributed by atoms with E-state index in [1.54, 1.807) is 12.1 Å². The number of hydrogen-bond acceptors (Lipinski definition) is 6. The lowest BCUT2D eigenvalue weighted by molar-refractivity contribution is -0.385. The van der Waals surface area contributed by atoms with E-state index in [0.717, 1.165) is 4.90 Å². The Morgan fingerprint density at radius 3 is 2.63 bits per heavy atom. The predicted octanol–water partition coefficient (Wildman–Crippen LogP) is 3.47. The predicted molar refractivity (Wildman–Crippen MR) is 89.6 cm³/mol. The van der Waals surface area contributed by atoms with E-state index in [0.29, 0.717) is 5.75 Å². The molecule has 1 aromatic carbocycles. The summed E-state index contributed by atoms with van der Waals surface area (Å²) in [4.78, 5) is 15.2. The van der Waals surface area contributed by atoms with E-state index in [1.165, 1.54) is 37.5 Å². The highest BCUT2D eigenvalue weighted by atomic mass is 19.4. The van der Waals surface area contributed by atoms with Crippen molar-refractivity contribution in [2.45, 2.75) is 25.4 Å². The summed E-state index contributed by atoms with van der Waals surface area (Å²) in [6.45, 7) is 1.34. The number of halogens is 3. The second-order valence-electron chi connectivity index (χ2n) is 6.03. The van der Waals surface area contributed by atoms with Gasteiger partial charge in [0, 0.05) is 29.7 Å². The maximum Gasteiger partial charge on any atom is 0.433 e. The highest BCUT2D eigenvalue weighted by Crippen LogP contribution is 2.36. The number of hydrogen-bond donors (Lipinski definition) is 0. The van der Waals surface area contributed by atoms with Gasteiger partial charge in [0.05, 0.1) is 11.5 Å². The lowest BCUT2D eigenvalue weighted by Crippen LogP contribution is -2.42. The molecule has 27 heavy (non-hydrogen) atoms. The number of nitrogens with zero attached hydrogens (tertiary/aromatic N) is 3. The molecule has 2 unspecified atom stereocenters. The Morgan fingerprint density at radius 1 is 1.33 bits per heavy atom. The van der Waals surface area contributed by atoms with Crippen LogP contribution in [0.25, 0.3) is 0 Å². The van der Waals surface area contributed by atoms with Crippen molar-refractivity contribution in [1.29, 1.82) is 0 Å². The number of nitro benzene ring substituents is 1. The lowest BCUT2D eigenvalue weighted by Gasteiger charge is -2.26. The molecule has 2 atom stereocenters. The Morgan fingerprint density at radius 2 is 2.04 bits per heavy atom. The molecular weight excluding hydrogens is 367 g/mol. The Kier molecular flexibility index (Phi) is 5.17. The third kappa shape index (κ3) is 4.27. The summed E-state index contributed by atoms with van der Waals surface area (Å²) in [5, 5.41) is 10.9. The Hall–Kier alpha value is -2.88. The molecule has 0 N–H and O–H groups in total. The van der Waals surface area contributed by atoms with Gasteiger partial charge < -0.3 is 14.4 Å². The van der Waals surface area contributed by atoms with Crippen molar-refractivity contribution in [2.24, 2.45) is 0 Å². The maximum absolute atomic E-state index is 13.4. The molecule has 10 heteroatoms. The van der Waals surface area contributed by atoms with E-state index in [2.05, 4.69) is 4.98 Å². The van der Waals surface area contributed by atoms with Crippen molar-refractivity contribution in [2.75, 3.05) is 18.1 Å². The zero-order valence-corrected chi connectivity index (χ0v) is 14.2. The summed E-state index contributed by atoms with van der Waals surface area (Å²) >= 11 is 0. The number of rotatable bonds is 5. The zero-order chi connectivity index (χ0) is 19.6. The van der Waals surface area contributed by atoms with Crippen LogP contribution < -0.4 is 9.64 Å². The van der Waals surface area contributed by atoms with Gasteiger partial charge in [-0.1, -0.05) is 0 Å². The van der Waals surface area contributed by atoms with Crippen LogP contribution in [0.3, 0.4) is 0 Å². The maximum atomic E-state index is 13.4. The first-order valence-corrected chi connectivity index (χ1v) is 8.02. The molecule has 1 saturated heterocycles. The molecule has 0 bridgehead atoms. The van der Waals surface area contributed by atoms with E-state index in [-0.39, 0.29) is 30.1 Å². The van der Waals surface area contributed by atoms with Crippen LogP contribution in [0.4, 0.5) is 24.5 Å². The molecule has 7 nitrogen and oxygen atoms in total. The molecule has 0 saturated carbocycles. The molecule has 0 radical (unpaired) electrons. The molecule has 1 aromatic heterocycles. The molecule has 144 valence electrons. The number of aromatic nitrogens is 1. The van der Waals surface area contributed by atoms with Crippen molar-refractivity contribution in [3.8, 4) is 5.75 Å². The van der Waals surface area contributed by atoms with Crippen molar-refractivity contribution in [1.82, 2.24) is 4.98 Å². The van der Waals surface area contributed by atoms with Crippen molar-refractivity contribution in [3.05, 3.63) is 58.4 Å². The largest absolute Gasteiger partial charge is 0.491 e. The fourth-order valence-corrected chi connectivity index (χ4v) is 2.85. The second kappa shape index (κ2) is 7.39. The molecule has 1 aliphatic heterocycles. The molecule has 2 aromatic rings. The minimum Gasteiger partial charge on any atom is -0.491 e. The smallest absolute Gasteiger partial charge is 0.433 e. The number of benzene rings is 1. The Bertz CT molecular complexity index is 817. The van der Waals surface area contributed by atoms with Crippen LogP contribution in [-0.4, -0.2) is 41.6 Å². The average molecular weight is 383 g/mol. The number of anilines is 1. The Balaban J connectivity index is 1.78. The van der Waals surface area contributed by atoms with Crippen LogP contribution in [0.15, 0.2) is 42.7 Å². The van der Waals surface area contributed by atoms with E-state index < -0.39 is 23.4 Å². The van der Waals surface area contributed by atoms with Crippen LogP contribution in [-0.2, 0) is 4.74 Å². The summed E-state index contributed by atoms with van der Waals surface area (Å²) in [6.07, 6.45) is -4.57. The van der Waals surface area contributed by atoms with Gasteiger partial charge in [-0.05, 0) is 31.2 Å². The minimum atomic E-state index is -4.62. The number of aryl methyl sites for hydroxylation is 1. The average Bonchev–Trinajstić information content (AvgIpc) is 3.05. The van der Waals surface area contributed by atoms with Crippen molar-refractivity contribution in [3.63, 3.8) is 0 Å². The number of alkyl halides is 3. The summed E-state index contributed by atoms with van der Waals surface area (Å²) < 4.78 is 50.9. The van der Waals surface area contributed by atoms with E-state index >= 15 is 0 Å². The highest BCUT2D eigenvalue weighted by molar-refractivity contribution is 5.56. The van der Waals surface area contributed by atoms with Crippen molar-refractivity contribution >= 4 is 11.4 Å². The van der Waals surface area contributed by atoms with Crippen LogP contribution >= 0.6 is 0 Å². The fourth-order valence-electron chi connectivity index (χ4n) is 2.85. The van der Waals surface area contributed by atoms with Gasteiger partial charge in [0.15, 0.2) is 0 Å². The molecule has 2 heterocycles. The van der Waals surface area contributed by atoms with Gasteiger partial charge in [0.2, 0.25) is 6.23 Å². The number of ether oxygens (including phenoxy) is 2. The van der Waals surface area contributed by atoms with Crippen molar-refractivity contribution < 1.29 is 27.6 Å². The molecule has 0 aliphatic carbocycles. The first-order valence-electron chi connectivity index (χ1n) is 8.02. The van der Waals surface area contributed by atoms with E-state index in [1.807, 2.05) is 0 Å². The first-order chi connectivity index (χ1) is 12.8. The molecule has 3 rings (SSSR count). The van der Waals surface area contributed by atoms with Crippen LogP contribution in [0.5, 0.6) is 5.75 Å². The molecule has 1 aliphatic rings. The van der Waals surface area contributed by atoms with Gasteiger partial charge in [-0.15, -0.1) is 0 Å². The van der Waals surface area contributed by atoms with Gasteiger partial charge in [-0.25, -0.2) is 0 Å². The molecule has 0 spiro atoms. The minimum absolute atomic E-state index is 0.0630. The standard InChI is InChI=1S/C17H16F3N3O4/c1-11-8-12(2-3-15(11)23(24)25)22-9-14(27-16(22)17(18,19)20)10-26-13-4-6-21-7-5-13/h2-8,14,16H,9-10H2,1H3. The normalized spacial score (nSPS) is 19.9. The van der Waals surface area contributed by atoms with Gasteiger partial charge in [-0.2, -0.15) is 13.2 Å². The van der Waals surface area contributed by atoms with Gasteiger partial charge >= 0.3 is 6.18 Å². The fraction of sp³-hybridized carbons (Fsp3) is 0.353. The van der Waals surface area contributed by atoms with Crippen LogP contribution in [0, 0.1) is 17.0 Å². The van der Waals surface area contributed by atoms with E-state index in [9.17, 15) is 23.3 Å².